The molecule has 2 fully saturated rings. The Kier molecular flexibility index (Phi) is 2.87. The maximum Gasteiger partial charge on any atom is 0.172 e. The molecule has 0 aromatic carbocycles. The highest BCUT2D eigenvalue weighted by Gasteiger charge is 2.68. The predicted molar refractivity (Wildman–Crippen MR) is 65.2 cm³/mol. The van der Waals surface area contributed by atoms with Crippen LogP contribution in [0.1, 0.15) is 53.9 Å². The maximum absolute atomic E-state index is 6.04. The predicted octanol–water partition coefficient (Wildman–Crippen LogP) is 3.60. The van der Waals surface area contributed by atoms with Crippen LogP contribution in [0.15, 0.2) is 0 Å². The molecule has 0 amide bonds. The van der Waals surface area contributed by atoms with Crippen LogP contribution in [0.25, 0.3) is 0 Å². The van der Waals surface area contributed by atoms with Crippen LogP contribution in [0, 0.1) is 16.7 Å². The molecule has 2 aliphatic carbocycles. The molecule has 94 valence electrons. The van der Waals surface area contributed by atoms with E-state index in [2.05, 4.69) is 34.6 Å². The van der Waals surface area contributed by atoms with E-state index in [0.717, 1.165) is 19.6 Å². The fourth-order valence-electron chi connectivity index (χ4n) is 4.15. The Morgan fingerprint density at radius 3 is 1.94 bits per heavy atom. The Bertz CT molecular complexity index is 263. The fraction of sp³-hybridized carbons (Fsp3) is 1.00. The molecule has 0 heterocycles. The van der Waals surface area contributed by atoms with E-state index in [4.69, 9.17) is 9.47 Å². The Hall–Kier alpha value is -0.0800. The van der Waals surface area contributed by atoms with E-state index in [0.29, 0.717) is 16.7 Å². The van der Waals surface area contributed by atoms with Crippen molar-refractivity contribution in [1.82, 2.24) is 0 Å². The summed E-state index contributed by atoms with van der Waals surface area (Å²) in [6.45, 7) is 12.8. The molecule has 16 heavy (non-hydrogen) atoms. The van der Waals surface area contributed by atoms with Gasteiger partial charge in [0.15, 0.2) is 5.79 Å². The summed E-state index contributed by atoms with van der Waals surface area (Å²) < 4.78 is 12.1. The quantitative estimate of drug-likeness (QED) is 0.682. The summed E-state index contributed by atoms with van der Waals surface area (Å²) in [5.74, 6) is 0.268. The zero-order valence-corrected chi connectivity index (χ0v) is 11.4. The molecule has 0 aromatic heterocycles. The van der Waals surface area contributed by atoms with E-state index in [1.165, 1.54) is 12.8 Å². The summed E-state index contributed by atoms with van der Waals surface area (Å²) in [6.07, 6.45) is 3.65. The van der Waals surface area contributed by atoms with Crippen molar-refractivity contribution < 1.29 is 9.47 Å². The maximum atomic E-state index is 6.04. The van der Waals surface area contributed by atoms with Gasteiger partial charge in [-0.2, -0.15) is 0 Å². The molecule has 2 bridgehead atoms. The Morgan fingerprint density at radius 1 is 1.06 bits per heavy atom. The van der Waals surface area contributed by atoms with Gasteiger partial charge in [0, 0.05) is 25.6 Å². The van der Waals surface area contributed by atoms with E-state index in [-0.39, 0.29) is 5.79 Å². The first-order valence-electron chi connectivity index (χ1n) is 6.70. The van der Waals surface area contributed by atoms with Crippen molar-refractivity contribution in [3.05, 3.63) is 0 Å². The van der Waals surface area contributed by atoms with Gasteiger partial charge in [-0.1, -0.05) is 20.8 Å². The zero-order valence-electron chi connectivity index (χ0n) is 11.4. The molecule has 0 aliphatic heterocycles. The van der Waals surface area contributed by atoms with Crippen molar-refractivity contribution in [2.24, 2.45) is 16.7 Å². The molecule has 2 atom stereocenters. The van der Waals surface area contributed by atoms with Gasteiger partial charge >= 0.3 is 0 Å². The van der Waals surface area contributed by atoms with Crippen molar-refractivity contribution in [2.45, 2.75) is 59.7 Å². The number of ether oxygens (including phenoxy) is 2. The average molecular weight is 226 g/mol. The number of fused-ring (bicyclic) bond motifs is 2. The van der Waals surface area contributed by atoms with E-state index < -0.39 is 0 Å². The number of rotatable bonds is 4. The summed E-state index contributed by atoms with van der Waals surface area (Å²) in [5, 5.41) is 0. The Morgan fingerprint density at radius 2 is 1.62 bits per heavy atom. The van der Waals surface area contributed by atoms with E-state index >= 15 is 0 Å². The zero-order chi connectivity index (χ0) is 12.0. The second kappa shape index (κ2) is 3.71. The first kappa shape index (κ1) is 12.4. The summed E-state index contributed by atoms with van der Waals surface area (Å²) in [5.41, 5.74) is 0.735. The highest BCUT2D eigenvalue weighted by molar-refractivity contribution is 5.13. The lowest BCUT2D eigenvalue weighted by atomic mass is 9.71. The van der Waals surface area contributed by atoms with Crippen LogP contribution >= 0.6 is 0 Å². The minimum atomic E-state index is -0.292. The minimum Gasteiger partial charge on any atom is -0.350 e. The van der Waals surface area contributed by atoms with Gasteiger partial charge in [0.05, 0.1) is 0 Å². The highest BCUT2D eigenvalue weighted by atomic mass is 16.7. The molecule has 0 radical (unpaired) electrons. The van der Waals surface area contributed by atoms with Gasteiger partial charge in [-0.15, -0.1) is 0 Å². The normalized spacial score (nSPS) is 39.2. The fourth-order valence-corrected chi connectivity index (χ4v) is 4.15. The van der Waals surface area contributed by atoms with Gasteiger partial charge in [0.2, 0.25) is 0 Å². The van der Waals surface area contributed by atoms with Gasteiger partial charge < -0.3 is 9.47 Å². The van der Waals surface area contributed by atoms with Crippen LogP contribution < -0.4 is 0 Å². The average Bonchev–Trinajstić information content (AvgIpc) is 2.47. The SMILES string of the molecule is CCOC1(OCC)C[C@]2(C)CC[C@H]1C2(C)C. The van der Waals surface area contributed by atoms with Gasteiger partial charge in [-0.3, -0.25) is 0 Å². The minimum absolute atomic E-state index is 0.292. The third kappa shape index (κ3) is 1.39. The van der Waals surface area contributed by atoms with Crippen molar-refractivity contribution in [3.8, 4) is 0 Å². The van der Waals surface area contributed by atoms with Crippen molar-refractivity contribution in [2.75, 3.05) is 13.2 Å². The molecule has 0 aromatic rings. The topological polar surface area (TPSA) is 18.5 Å². The van der Waals surface area contributed by atoms with E-state index in [9.17, 15) is 0 Å². The lowest BCUT2D eigenvalue weighted by Gasteiger charge is -2.38. The van der Waals surface area contributed by atoms with Crippen LogP contribution in [0.5, 0.6) is 0 Å². The molecule has 0 saturated heterocycles. The molecule has 0 unspecified atom stereocenters. The van der Waals surface area contributed by atoms with Crippen molar-refractivity contribution in [3.63, 3.8) is 0 Å². The van der Waals surface area contributed by atoms with Crippen LogP contribution in [0.2, 0.25) is 0 Å². The lowest BCUT2D eigenvalue weighted by Crippen LogP contribution is -2.43. The molecule has 2 heteroatoms. The second-order valence-corrected chi connectivity index (χ2v) is 6.23. The Balaban J connectivity index is 2.31. The van der Waals surface area contributed by atoms with Gasteiger partial charge in [0.1, 0.15) is 0 Å². The summed E-state index contributed by atoms with van der Waals surface area (Å²) in [4.78, 5) is 0. The van der Waals surface area contributed by atoms with Gasteiger partial charge in [-0.05, 0) is 37.5 Å². The van der Waals surface area contributed by atoms with Crippen LogP contribution in [0.3, 0.4) is 0 Å². The van der Waals surface area contributed by atoms with Gasteiger partial charge in [-0.25, -0.2) is 0 Å². The third-order valence-electron chi connectivity index (χ3n) is 5.36. The van der Waals surface area contributed by atoms with E-state index in [1.54, 1.807) is 0 Å². The third-order valence-corrected chi connectivity index (χ3v) is 5.36. The van der Waals surface area contributed by atoms with E-state index in [1.807, 2.05) is 0 Å². The smallest absolute Gasteiger partial charge is 0.172 e. The molecule has 2 aliphatic rings. The first-order chi connectivity index (χ1) is 7.42. The second-order valence-electron chi connectivity index (χ2n) is 6.23. The van der Waals surface area contributed by atoms with Gasteiger partial charge in [0.25, 0.3) is 0 Å². The first-order valence-corrected chi connectivity index (χ1v) is 6.70. The van der Waals surface area contributed by atoms with Crippen LogP contribution in [-0.2, 0) is 9.47 Å². The summed E-state index contributed by atoms with van der Waals surface area (Å²) in [6, 6.07) is 0. The Labute approximate surface area is 99.7 Å². The molecule has 0 N–H and O–H groups in total. The molecular weight excluding hydrogens is 200 g/mol. The largest absolute Gasteiger partial charge is 0.350 e. The summed E-state index contributed by atoms with van der Waals surface area (Å²) in [7, 11) is 0. The molecule has 0 spiro atoms. The highest BCUT2D eigenvalue weighted by Crippen LogP contribution is 2.70. The summed E-state index contributed by atoms with van der Waals surface area (Å²) >= 11 is 0. The van der Waals surface area contributed by atoms with Crippen molar-refractivity contribution >= 4 is 0 Å². The lowest BCUT2D eigenvalue weighted by molar-refractivity contribution is -0.266. The van der Waals surface area contributed by atoms with Crippen molar-refractivity contribution in [1.29, 1.82) is 0 Å². The van der Waals surface area contributed by atoms with Crippen LogP contribution in [-0.4, -0.2) is 19.0 Å². The van der Waals surface area contributed by atoms with Crippen LogP contribution in [0.4, 0.5) is 0 Å². The number of hydrogen-bond acceptors (Lipinski definition) is 2. The molecular formula is C14H26O2. The monoisotopic (exact) mass is 226 g/mol. The standard InChI is InChI=1S/C14H26O2/c1-6-15-14(16-7-2)10-13(5)9-8-11(14)12(13,3)4/h11H,6-10H2,1-5H3/t11-,13-/m0/s1. The molecule has 2 rings (SSSR count). The number of hydrogen-bond donors (Lipinski definition) is 0. The molecule has 2 saturated carbocycles. The molecule has 2 nitrogen and oxygen atoms in total.